The highest BCUT2D eigenvalue weighted by Crippen LogP contribution is 1.73. The van der Waals surface area contributed by atoms with Crippen LogP contribution in [0.4, 0.5) is 0 Å². The highest BCUT2D eigenvalue weighted by molar-refractivity contribution is 4.73. The van der Waals surface area contributed by atoms with Gasteiger partial charge < -0.3 is 6.15 Å². The molecule has 0 spiro atoms. The number of hydrogen-bond donors (Lipinski definition) is 1. The fourth-order valence-corrected chi connectivity index (χ4v) is 0.236. The highest BCUT2D eigenvalue weighted by atomic mass is 14.0. The van der Waals surface area contributed by atoms with Gasteiger partial charge in [0.05, 0.1) is 0 Å². The van der Waals surface area contributed by atoms with E-state index >= 15 is 0 Å². The Morgan fingerprint density at radius 1 is 1.50 bits per heavy atom. The topological polar surface area (TPSA) is 35.0 Å². The molecule has 0 amide bonds. The monoisotopic (exact) mass is 87.1 g/mol. The van der Waals surface area contributed by atoms with Crippen molar-refractivity contribution in [2.75, 3.05) is 0 Å². The first-order chi connectivity index (χ1) is 2.41. The van der Waals surface area contributed by atoms with Gasteiger partial charge in [-0.15, -0.1) is 0 Å². The Labute approximate surface area is 39.6 Å². The average Bonchev–Trinajstić information content (AvgIpc) is 1.41. The second-order valence-electron chi connectivity index (χ2n) is 0.977. The van der Waals surface area contributed by atoms with Crippen molar-refractivity contribution >= 4 is 0 Å². The van der Waals surface area contributed by atoms with Crippen LogP contribution >= 0.6 is 0 Å². The summed E-state index contributed by atoms with van der Waals surface area (Å²) in [5, 5.41) is 0. The maximum absolute atomic E-state index is 2.12. The van der Waals surface area contributed by atoms with E-state index in [0.717, 1.165) is 6.42 Å². The van der Waals surface area contributed by atoms with Crippen molar-refractivity contribution in [2.24, 2.45) is 0 Å². The lowest BCUT2D eigenvalue weighted by molar-refractivity contribution is 1.22. The molecular formula is C5H13N. The molecule has 0 aromatic rings. The summed E-state index contributed by atoms with van der Waals surface area (Å²) >= 11 is 0. The van der Waals surface area contributed by atoms with Crippen LogP contribution in [-0.2, 0) is 0 Å². The SMILES string of the molecule is C/C=C/CC.N. The minimum absolute atomic E-state index is 0. The van der Waals surface area contributed by atoms with Crippen molar-refractivity contribution in [3.05, 3.63) is 12.2 Å². The zero-order valence-electron chi connectivity index (χ0n) is 4.57. The van der Waals surface area contributed by atoms with Gasteiger partial charge in [0, 0.05) is 0 Å². The van der Waals surface area contributed by atoms with Crippen LogP contribution in [0.3, 0.4) is 0 Å². The molecule has 0 aromatic heterocycles. The first kappa shape index (κ1) is 9.20. The summed E-state index contributed by atoms with van der Waals surface area (Å²) < 4.78 is 0. The Morgan fingerprint density at radius 2 is 2.00 bits per heavy atom. The van der Waals surface area contributed by atoms with Crippen molar-refractivity contribution in [1.29, 1.82) is 0 Å². The van der Waals surface area contributed by atoms with Crippen LogP contribution in [0.5, 0.6) is 0 Å². The van der Waals surface area contributed by atoms with Crippen LogP contribution in [-0.4, -0.2) is 0 Å². The Balaban J connectivity index is 0. The summed E-state index contributed by atoms with van der Waals surface area (Å²) in [6.07, 6.45) is 5.34. The first-order valence-electron chi connectivity index (χ1n) is 2.03. The van der Waals surface area contributed by atoms with E-state index in [1.807, 2.05) is 6.92 Å². The van der Waals surface area contributed by atoms with Crippen LogP contribution < -0.4 is 6.15 Å². The molecule has 0 aliphatic heterocycles. The van der Waals surface area contributed by atoms with E-state index in [1.54, 1.807) is 0 Å². The maximum Gasteiger partial charge on any atom is -0.0379 e. The zero-order valence-corrected chi connectivity index (χ0v) is 4.57. The third-order valence-electron chi connectivity index (χ3n) is 0.471. The molecule has 1 nitrogen and oxygen atoms in total. The predicted octanol–water partition coefficient (Wildman–Crippen LogP) is 2.13. The van der Waals surface area contributed by atoms with Gasteiger partial charge in [0.2, 0.25) is 0 Å². The summed E-state index contributed by atoms with van der Waals surface area (Å²) in [7, 11) is 0. The third kappa shape index (κ3) is 9.33. The van der Waals surface area contributed by atoms with Crippen LogP contribution in [0.2, 0.25) is 0 Å². The van der Waals surface area contributed by atoms with E-state index in [9.17, 15) is 0 Å². The lowest BCUT2D eigenvalue weighted by atomic mass is 10.4. The maximum atomic E-state index is 2.12. The van der Waals surface area contributed by atoms with Gasteiger partial charge in [-0.2, -0.15) is 0 Å². The van der Waals surface area contributed by atoms with Gasteiger partial charge in [-0.25, -0.2) is 0 Å². The molecule has 0 radical (unpaired) electrons. The molecule has 38 valence electrons. The normalized spacial score (nSPS) is 8.33. The predicted molar refractivity (Wildman–Crippen MR) is 30.1 cm³/mol. The molecule has 0 atom stereocenters. The smallest absolute Gasteiger partial charge is 0.0379 e. The fourth-order valence-electron chi connectivity index (χ4n) is 0.236. The van der Waals surface area contributed by atoms with Gasteiger partial charge in [-0.05, 0) is 13.3 Å². The molecule has 0 unspecified atom stereocenters. The largest absolute Gasteiger partial charge is 0.344 e. The van der Waals surface area contributed by atoms with Gasteiger partial charge in [0.15, 0.2) is 0 Å². The Morgan fingerprint density at radius 3 is 2.00 bits per heavy atom. The summed E-state index contributed by atoms with van der Waals surface area (Å²) in [6.45, 7) is 4.16. The quantitative estimate of drug-likeness (QED) is 0.488. The molecule has 3 N–H and O–H groups in total. The van der Waals surface area contributed by atoms with Gasteiger partial charge in [-0.1, -0.05) is 19.1 Å². The van der Waals surface area contributed by atoms with Crippen LogP contribution in [0.15, 0.2) is 12.2 Å². The van der Waals surface area contributed by atoms with Crippen molar-refractivity contribution in [3.63, 3.8) is 0 Å². The summed E-state index contributed by atoms with van der Waals surface area (Å²) in [6, 6.07) is 0. The molecule has 0 aromatic carbocycles. The van der Waals surface area contributed by atoms with Gasteiger partial charge in [-0.3, -0.25) is 0 Å². The Kier molecular flexibility index (Phi) is 13.5. The van der Waals surface area contributed by atoms with E-state index < -0.39 is 0 Å². The van der Waals surface area contributed by atoms with Crippen molar-refractivity contribution < 1.29 is 0 Å². The highest BCUT2D eigenvalue weighted by Gasteiger charge is 1.52. The Bertz CT molecular complexity index is 30.9. The molecule has 0 aliphatic rings. The van der Waals surface area contributed by atoms with Crippen molar-refractivity contribution in [1.82, 2.24) is 6.15 Å². The molecule has 0 aliphatic carbocycles. The Hall–Kier alpha value is -0.300. The fraction of sp³-hybridized carbons (Fsp3) is 0.600. The number of hydrogen-bond acceptors (Lipinski definition) is 1. The minimum atomic E-state index is 0. The number of allylic oxidation sites excluding steroid dienone is 2. The van der Waals surface area contributed by atoms with Crippen molar-refractivity contribution in [2.45, 2.75) is 20.3 Å². The van der Waals surface area contributed by atoms with Gasteiger partial charge >= 0.3 is 0 Å². The molecule has 0 heterocycles. The molecule has 0 saturated carbocycles. The molecular weight excluding hydrogens is 74.1 g/mol. The minimum Gasteiger partial charge on any atom is -0.344 e. The van der Waals surface area contributed by atoms with E-state index in [4.69, 9.17) is 0 Å². The molecule has 1 heteroatoms. The molecule has 0 rings (SSSR count). The second-order valence-corrected chi connectivity index (χ2v) is 0.977. The zero-order chi connectivity index (χ0) is 4.12. The first-order valence-corrected chi connectivity index (χ1v) is 2.03. The average molecular weight is 87.2 g/mol. The van der Waals surface area contributed by atoms with Gasteiger partial charge in [0.25, 0.3) is 0 Å². The van der Waals surface area contributed by atoms with Gasteiger partial charge in [0.1, 0.15) is 0 Å². The molecule has 6 heavy (non-hydrogen) atoms. The van der Waals surface area contributed by atoms with Crippen molar-refractivity contribution in [3.8, 4) is 0 Å². The van der Waals surface area contributed by atoms with Crippen LogP contribution in [0, 0.1) is 0 Å². The lowest BCUT2D eigenvalue weighted by Crippen LogP contribution is -1.43. The summed E-state index contributed by atoms with van der Waals surface area (Å²) in [4.78, 5) is 0. The number of rotatable bonds is 1. The van der Waals surface area contributed by atoms with E-state index in [-0.39, 0.29) is 6.15 Å². The third-order valence-corrected chi connectivity index (χ3v) is 0.471. The van der Waals surface area contributed by atoms with E-state index in [0.29, 0.717) is 0 Å². The molecule has 0 fully saturated rings. The van der Waals surface area contributed by atoms with Crippen LogP contribution in [0.1, 0.15) is 20.3 Å². The molecule has 0 bridgehead atoms. The summed E-state index contributed by atoms with van der Waals surface area (Å²) in [5.74, 6) is 0. The lowest BCUT2D eigenvalue weighted by Gasteiger charge is -1.65. The van der Waals surface area contributed by atoms with Crippen LogP contribution in [0.25, 0.3) is 0 Å². The molecule has 0 saturated heterocycles. The summed E-state index contributed by atoms with van der Waals surface area (Å²) in [5.41, 5.74) is 0. The van der Waals surface area contributed by atoms with E-state index in [2.05, 4.69) is 19.1 Å². The second kappa shape index (κ2) is 8.83. The standard InChI is InChI=1S/C5H10.H3N/c1-3-5-4-2;/h3,5H,4H2,1-2H3;1H3/b5-3+;. The van der Waals surface area contributed by atoms with E-state index in [1.165, 1.54) is 0 Å².